The Morgan fingerprint density at radius 1 is 1.12 bits per heavy atom. The maximum absolute atomic E-state index is 12.0. The Hall–Kier alpha value is -3.49. The van der Waals surface area contributed by atoms with Gasteiger partial charge in [0.1, 0.15) is 11.3 Å². The summed E-state index contributed by atoms with van der Waals surface area (Å²) < 4.78 is 1.76. The monoisotopic (exact) mass is 329 g/mol. The van der Waals surface area contributed by atoms with Crippen molar-refractivity contribution in [2.24, 2.45) is 29.5 Å². The molecular formula is C15H15N5O4. The van der Waals surface area contributed by atoms with E-state index in [1.807, 2.05) is 6.07 Å². The fourth-order valence-corrected chi connectivity index (χ4v) is 1.94. The zero-order valence-corrected chi connectivity index (χ0v) is 13.0. The Bertz CT molecular complexity index is 939. The first-order valence-corrected chi connectivity index (χ1v) is 6.80. The summed E-state index contributed by atoms with van der Waals surface area (Å²) in [5.41, 5.74) is -0.653. The van der Waals surface area contributed by atoms with Crippen LogP contribution in [-0.2, 0) is 14.1 Å². The minimum atomic E-state index is -0.702. The fraction of sp³-hybridized carbons (Fsp3) is 0.133. The third-order valence-corrected chi connectivity index (χ3v) is 3.27. The van der Waals surface area contributed by atoms with Gasteiger partial charge >= 0.3 is 5.69 Å². The number of rotatable bonds is 4. The van der Waals surface area contributed by atoms with Crippen molar-refractivity contribution in [3.8, 4) is 5.88 Å². The first-order valence-electron chi connectivity index (χ1n) is 6.80. The van der Waals surface area contributed by atoms with Crippen molar-refractivity contribution in [3.63, 3.8) is 0 Å². The molecule has 0 aliphatic carbocycles. The Morgan fingerprint density at radius 3 is 2.42 bits per heavy atom. The van der Waals surface area contributed by atoms with Crippen LogP contribution in [0, 0.1) is 0 Å². The number of nitrogens with zero attached hydrogens (tertiary/aromatic N) is 5. The summed E-state index contributed by atoms with van der Waals surface area (Å²) in [7, 11) is 2.62. The summed E-state index contributed by atoms with van der Waals surface area (Å²) in [6, 6.07) is 8.83. The highest BCUT2D eigenvalue weighted by atomic mass is 16.4. The molecule has 2 aromatic rings. The van der Waals surface area contributed by atoms with Crippen molar-refractivity contribution < 1.29 is 10.3 Å². The largest absolute Gasteiger partial charge is 0.494 e. The van der Waals surface area contributed by atoms with Gasteiger partial charge in [0.15, 0.2) is 0 Å². The summed E-state index contributed by atoms with van der Waals surface area (Å²) in [6.07, 6.45) is 2.12. The average molecular weight is 329 g/mol. The van der Waals surface area contributed by atoms with Crippen LogP contribution >= 0.6 is 0 Å². The van der Waals surface area contributed by atoms with E-state index in [1.54, 1.807) is 24.3 Å². The third-order valence-electron chi connectivity index (χ3n) is 3.27. The molecule has 0 amide bonds. The topological polar surface area (TPSA) is 122 Å². The average Bonchev–Trinajstić information content (AvgIpc) is 2.61. The van der Waals surface area contributed by atoms with Crippen LogP contribution in [0.1, 0.15) is 11.1 Å². The van der Waals surface area contributed by atoms with Crippen LogP contribution in [0.2, 0.25) is 0 Å². The quantitative estimate of drug-likeness (QED) is 0.468. The van der Waals surface area contributed by atoms with Crippen LogP contribution < -0.4 is 11.2 Å². The van der Waals surface area contributed by atoms with E-state index in [-0.39, 0.29) is 11.3 Å². The molecule has 9 heteroatoms. The van der Waals surface area contributed by atoms with E-state index in [1.165, 1.54) is 14.1 Å². The van der Waals surface area contributed by atoms with Gasteiger partial charge in [0.2, 0.25) is 5.88 Å². The second-order valence-corrected chi connectivity index (χ2v) is 4.78. The van der Waals surface area contributed by atoms with Gasteiger partial charge < -0.3 is 10.3 Å². The molecule has 1 heterocycles. The van der Waals surface area contributed by atoms with Crippen LogP contribution in [0.15, 0.2) is 55.3 Å². The summed E-state index contributed by atoms with van der Waals surface area (Å²) in [5.74, 6) is -0.515. The fourth-order valence-electron chi connectivity index (χ4n) is 1.94. The molecule has 0 aliphatic heterocycles. The summed E-state index contributed by atoms with van der Waals surface area (Å²) >= 11 is 0. The molecule has 0 unspecified atom stereocenters. The molecule has 0 aliphatic rings. The molecular weight excluding hydrogens is 314 g/mol. The van der Waals surface area contributed by atoms with E-state index in [4.69, 9.17) is 5.21 Å². The van der Waals surface area contributed by atoms with E-state index >= 15 is 0 Å². The first kappa shape index (κ1) is 16.9. The Balaban J connectivity index is 2.48. The summed E-state index contributed by atoms with van der Waals surface area (Å²) in [6.45, 7) is 0. The van der Waals surface area contributed by atoms with Crippen molar-refractivity contribution in [1.29, 1.82) is 0 Å². The lowest BCUT2D eigenvalue weighted by atomic mass is 10.1. The number of aromatic nitrogens is 2. The van der Waals surface area contributed by atoms with Crippen LogP contribution in [0.3, 0.4) is 0 Å². The van der Waals surface area contributed by atoms with Crippen LogP contribution in [0.4, 0.5) is 0 Å². The molecule has 0 saturated carbocycles. The van der Waals surface area contributed by atoms with Crippen LogP contribution in [0.5, 0.6) is 5.88 Å². The number of hydrogen-bond acceptors (Lipinski definition) is 7. The molecule has 0 bridgehead atoms. The molecule has 0 saturated heterocycles. The van der Waals surface area contributed by atoms with E-state index in [0.717, 1.165) is 21.6 Å². The van der Waals surface area contributed by atoms with E-state index < -0.39 is 17.1 Å². The zero-order valence-electron chi connectivity index (χ0n) is 13.0. The van der Waals surface area contributed by atoms with Crippen molar-refractivity contribution >= 4 is 18.1 Å². The van der Waals surface area contributed by atoms with E-state index in [9.17, 15) is 14.7 Å². The maximum atomic E-state index is 12.0. The maximum Gasteiger partial charge on any atom is 0.333 e. The number of benzene rings is 1. The van der Waals surface area contributed by atoms with Crippen LogP contribution in [0.25, 0.3) is 0 Å². The molecule has 2 N–H and O–H groups in total. The third kappa shape index (κ3) is 3.29. The van der Waals surface area contributed by atoms with Gasteiger partial charge in [-0.1, -0.05) is 35.5 Å². The van der Waals surface area contributed by atoms with Gasteiger partial charge in [0.25, 0.3) is 5.56 Å². The SMILES string of the molecule is Cn1c(O)c(/C=N/N=C(\C=N\O)c2ccccc2)c(=O)n(C)c1=O. The molecule has 1 aromatic heterocycles. The highest BCUT2D eigenvalue weighted by Crippen LogP contribution is 2.06. The zero-order chi connectivity index (χ0) is 17.7. The lowest BCUT2D eigenvalue weighted by Crippen LogP contribution is -2.38. The van der Waals surface area contributed by atoms with Crippen LogP contribution in [-0.4, -0.2) is 37.6 Å². The number of oxime groups is 1. The number of aromatic hydroxyl groups is 1. The molecule has 1 aromatic carbocycles. The molecule has 124 valence electrons. The first-order chi connectivity index (χ1) is 11.5. The van der Waals surface area contributed by atoms with E-state index in [0.29, 0.717) is 5.56 Å². The predicted molar refractivity (Wildman–Crippen MR) is 89.4 cm³/mol. The summed E-state index contributed by atoms with van der Waals surface area (Å²) in [5, 5.41) is 29.2. The van der Waals surface area contributed by atoms with E-state index in [2.05, 4.69) is 15.4 Å². The lowest BCUT2D eigenvalue weighted by Gasteiger charge is -2.06. The highest BCUT2D eigenvalue weighted by molar-refractivity contribution is 6.38. The molecule has 24 heavy (non-hydrogen) atoms. The van der Waals surface area contributed by atoms with Crippen molar-refractivity contribution in [2.45, 2.75) is 0 Å². The Morgan fingerprint density at radius 2 is 1.79 bits per heavy atom. The predicted octanol–water partition coefficient (Wildman–Crippen LogP) is 0.0728. The van der Waals surface area contributed by atoms with Gasteiger partial charge in [-0.05, 0) is 0 Å². The second-order valence-electron chi connectivity index (χ2n) is 4.78. The Labute approximate surface area is 136 Å². The molecule has 0 radical (unpaired) electrons. The Kier molecular flexibility index (Phi) is 5.05. The van der Waals surface area contributed by atoms with Gasteiger partial charge in [-0.25, -0.2) is 4.79 Å². The normalized spacial score (nSPS) is 12.3. The van der Waals surface area contributed by atoms with Gasteiger partial charge in [-0.15, -0.1) is 5.10 Å². The van der Waals surface area contributed by atoms with Gasteiger partial charge in [0, 0.05) is 19.7 Å². The highest BCUT2D eigenvalue weighted by Gasteiger charge is 2.12. The van der Waals surface area contributed by atoms with Gasteiger partial charge in [0.05, 0.1) is 12.4 Å². The summed E-state index contributed by atoms with van der Waals surface area (Å²) in [4.78, 5) is 23.7. The lowest BCUT2D eigenvalue weighted by molar-refractivity contribution is 0.322. The van der Waals surface area contributed by atoms with Crippen molar-refractivity contribution in [2.75, 3.05) is 0 Å². The van der Waals surface area contributed by atoms with Gasteiger partial charge in [-0.2, -0.15) is 5.10 Å². The minimum Gasteiger partial charge on any atom is -0.494 e. The molecule has 0 atom stereocenters. The molecule has 9 nitrogen and oxygen atoms in total. The van der Waals surface area contributed by atoms with Crippen molar-refractivity contribution in [1.82, 2.24) is 9.13 Å². The van der Waals surface area contributed by atoms with Gasteiger partial charge in [-0.3, -0.25) is 13.9 Å². The molecule has 2 rings (SSSR count). The molecule has 0 spiro atoms. The minimum absolute atomic E-state index is 0.184. The second kappa shape index (κ2) is 7.18. The number of hydrogen-bond donors (Lipinski definition) is 2. The molecule has 0 fully saturated rings. The standard InChI is InChI=1S/C15H15N5O4/c1-19-13(21)11(14(22)20(2)15(19)23)8-16-18-12(9-17-24)10-6-4-3-5-7-10/h3-9,21,24H,1-2H3/b16-8+,17-9+,18-12+. The smallest absolute Gasteiger partial charge is 0.333 e. The van der Waals surface area contributed by atoms with Crippen molar-refractivity contribution in [3.05, 3.63) is 62.3 Å².